The van der Waals surface area contributed by atoms with Gasteiger partial charge >= 0.3 is 0 Å². The van der Waals surface area contributed by atoms with Gasteiger partial charge in [-0.25, -0.2) is 0 Å². The molecule has 0 aliphatic heterocycles. The van der Waals surface area contributed by atoms with Crippen molar-refractivity contribution in [3.63, 3.8) is 0 Å². The molecule has 120 valence electrons. The lowest BCUT2D eigenvalue weighted by Crippen LogP contribution is -2.62. The molecule has 0 spiro atoms. The number of nitrogens with zero attached hydrogens (tertiary/aromatic N) is 1. The van der Waals surface area contributed by atoms with Crippen molar-refractivity contribution in [3.8, 4) is 6.07 Å². The number of hydrogen-bond acceptors (Lipinski definition) is 5. The summed E-state index contributed by atoms with van der Waals surface area (Å²) >= 11 is 0. The zero-order valence-electron chi connectivity index (χ0n) is 13.2. The lowest BCUT2D eigenvalue weighted by molar-refractivity contribution is -0.247. The van der Waals surface area contributed by atoms with Gasteiger partial charge in [-0.15, -0.1) is 0 Å². The van der Waals surface area contributed by atoms with Gasteiger partial charge in [-0.1, -0.05) is 36.4 Å². The lowest BCUT2D eigenvalue weighted by Gasteiger charge is -2.48. The zero-order chi connectivity index (χ0) is 16.4. The Labute approximate surface area is 135 Å². The number of carbonyl (C=O) groups is 1. The van der Waals surface area contributed by atoms with Crippen LogP contribution < -0.4 is 0 Å². The number of carbonyl (C=O) groups excluding carboxylic acids is 1. The quantitative estimate of drug-likeness (QED) is 0.780. The number of hydrogen-bond donors (Lipinski definition) is 0. The number of ketones is 1. The van der Waals surface area contributed by atoms with Crippen LogP contribution in [0.2, 0.25) is 0 Å². The molecule has 1 saturated carbocycles. The summed E-state index contributed by atoms with van der Waals surface area (Å²) in [5.41, 5.74) is 1.59. The fourth-order valence-corrected chi connectivity index (χ4v) is 3.56. The average Bonchev–Trinajstić information content (AvgIpc) is 2.61. The first-order chi connectivity index (χ1) is 11.2. The van der Waals surface area contributed by atoms with Gasteiger partial charge in [-0.05, 0) is 12.0 Å². The van der Waals surface area contributed by atoms with Crippen LogP contribution in [0.4, 0.5) is 0 Å². The van der Waals surface area contributed by atoms with Crippen LogP contribution in [-0.2, 0) is 25.6 Å². The molecule has 1 fully saturated rings. The number of rotatable bonds is 5. The second-order valence-electron chi connectivity index (χ2n) is 5.82. The van der Waals surface area contributed by atoms with Gasteiger partial charge in [0.25, 0.3) is 0 Å². The SMILES string of the molecule is COC1(OC)C(=O)[C@H]2C=C(C#N)[C@@H]1C[C@@H]2OCc1ccccc1. The zero-order valence-corrected chi connectivity index (χ0v) is 13.2. The van der Waals surface area contributed by atoms with Gasteiger partial charge in [-0.3, -0.25) is 4.79 Å². The Kier molecular flexibility index (Phi) is 4.31. The molecule has 0 aromatic heterocycles. The molecule has 0 amide bonds. The molecule has 0 saturated heterocycles. The molecule has 4 rings (SSSR count). The molecule has 5 nitrogen and oxygen atoms in total. The normalized spacial score (nSPS) is 28.3. The molecule has 1 aromatic rings. The van der Waals surface area contributed by atoms with Crippen molar-refractivity contribution in [1.82, 2.24) is 0 Å². The Morgan fingerprint density at radius 2 is 1.96 bits per heavy atom. The molecule has 1 aromatic carbocycles. The van der Waals surface area contributed by atoms with Crippen molar-refractivity contribution in [2.75, 3.05) is 14.2 Å². The molecule has 23 heavy (non-hydrogen) atoms. The Hall–Kier alpha value is -2.00. The molecule has 3 atom stereocenters. The summed E-state index contributed by atoms with van der Waals surface area (Å²) in [6.07, 6.45) is 1.98. The monoisotopic (exact) mass is 313 g/mol. The third-order valence-corrected chi connectivity index (χ3v) is 4.75. The standard InChI is InChI=1S/C18H19NO4/c1-21-18(22-2)15-9-16(14(17(18)20)8-13(15)10-19)23-11-12-6-4-3-5-7-12/h3-8,14-16H,9,11H2,1-2H3/t14-,15-,16-/m0/s1. The van der Waals surface area contributed by atoms with Crippen molar-refractivity contribution in [2.24, 2.45) is 11.8 Å². The predicted molar refractivity (Wildman–Crippen MR) is 82.1 cm³/mol. The van der Waals surface area contributed by atoms with E-state index in [1.54, 1.807) is 6.08 Å². The van der Waals surface area contributed by atoms with E-state index in [-0.39, 0.29) is 11.9 Å². The molecule has 0 unspecified atom stereocenters. The van der Waals surface area contributed by atoms with Gasteiger partial charge in [0.15, 0.2) is 0 Å². The molecule has 0 heterocycles. The fraction of sp³-hybridized carbons (Fsp3) is 0.444. The molecular formula is C18H19NO4. The second-order valence-corrected chi connectivity index (χ2v) is 5.82. The van der Waals surface area contributed by atoms with Crippen LogP contribution in [0.5, 0.6) is 0 Å². The van der Waals surface area contributed by atoms with Crippen LogP contribution in [0.15, 0.2) is 42.0 Å². The highest BCUT2D eigenvalue weighted by atomic mass is 16.7. The van der Waals surface area contributed by atoms with Gasteiger partial charge in [0.1, 0.15) is 0 Å². The van der Waals surface area contributed by atoms with Crippen molar-refractivity contribution in [2.45, 2.75) is 24.9 Å². The minimum atomic E-state index is -1.36. The van der Waals surface area contributed by atoms with E-state index in [1.165, 1.54) is 14.2 Å². The van der Waals surface area contributed by atoms with Gasteiger partial charge in [0, 0.05) is 19.8 Å². The van der Waals surface area contributed by atoms with E-state index in [0.29, 0.717) is 18.6 Å². The maximum absolute atomic E-state index is 12.8. The maximum Gasteiger partial charge on any atom is 0.237 e. The van der Waals surface area contributed by atoms with E-state index in [2.05, 4.69) is 6.07 Å². The van der Waals surface area contributed by atoms with Crippen LogP contribution in [0.3, 0.4) is 0 Å². The van der Waals surface area contributed by atoms with Crippen LogP contribution in [0.25, 0.3) is 0 Å². The molecule has 3 aliphatic carbocycles. The highest BCUT2D eigenvalue weighted by Crippen LogP contribution is 2.47. The third kappa shape index (κ3) is 2.49. The number of methoxy groups -OCH3 is 2. The largest absolute Gasteiger partial charge is 0.372 e. The average molecular weight is 313 g/mol. The molecule has 0 radical (unpaired) electrons. The van der Waals surface area contributed by atoms with Crippen molar-refractivity contribution in [1.29, 1.82) is 5.26 Å². The number of benzene rings is 1. The first-order valence-electron chi connectivity index (χ1n) is 7.58. The van der Waals surface area contributed by atoms with E-state index in [1.807, 2.05) is 30.3 Å². The van der Waals surface area contributed by atoms with E-state index in [9.17, 15) is 10.1 Å². The number of fused-ring (bicyclic) bond motifs is 2. The molecule has 2 bridgehead atoms. The van der Waals surface area contributed by atoms with Gasteiger partial charge < -0.3 is 14.2 Å². The van der Waals surface area contributed by atoms with Gasteiger partial charge in [0.2, 0.25) is 11.6 Å². The van der Waals surface area contributed by atoms with E-state index >= 15 is 0 Å². The third-order valence-electron chi connectivity index (χ3n) is 4.75. The predicted octanol–water partition coefficient (Wildman–Crippen LogP) is 2.23. The van der Waals surface area contributed by atoms with Gasteiger partial charge in [0.05, 0.1) is 30.6 Å². The molecule has 0 N–H and O–H groups in total. The summed E-state index contributed by atoms with van der Waals surface area (Å²) in [5, 5.41) is 9.34. The minimum Gasteiger partial charge on any atom is -0.372 e. The number of ether oxygens (including phenoxy) is 3. The number of nitriles is 1. The van der Waals surface area contributed by atoms with Crippen molar-refractivity contribution >= 4 is 5.78 Å². The van der Waals surface area contributed by atoms with Crippen molar-refractivity contribution < 1.29 is 19.0 Å². The summed E-state index contributed by atoms with van der Waals surface area (Å²) in [6, 6.07) is 12.0. The Balaban J connectivity index is 1.82. The highest BCUT2D eigenvalue weighted by molar-refractivity contribution is 5.93. The Bertz CT molecular complexity index is 657. The van der Waals surface area contributed by atoms with Crippen LogP contribution >= 0.6 is 0 Å². The Morgan fingerprint density at radius 3 is 2.57 bits per heavy atom. The van der Waals surface area contributed by atoms with Gasteiger partial charge in [-0.2, -0.15) is 5.26 Å². The lowest BCUT2D eigenvalue weighted by atomic mass is 9.65. The summed E-state index contributed by atoms with van der Waals surface area (Å²) in [6.45, 7) is 0.435. The summed E-state index contributed by atoms with van der Waals surface area (Å²) in [7, 11) is 2.88. The van der Waals surface area contributed by atoms with Crippen LogP contribution in [0.1, 0.15) is 12.0 Å². The van der Waals surface area contributed by atoms with E-state index in [4.69, 9.17) is 14.2 Å². The molecule has 5 heteroatoms. The first-order valence-corrected chi connectivity index (χ1v) is 7.58. The fourth-order valence-electron chi connectivity index (χ4n) is 3.56. The van der Waals surface area contributed by atoms with Crippen LogP contribution in [0, 0.1) is 23.2 Å². The summed E-state index contributed by atoms with van der Waals surface area (Å²) in [5.74, 6) is -2.48. The van der Waals surface area contributed by atoms with Crippen molar-refractivity contribution in [3.05, 3.63) is 47.5 Å². The summed E-state index contributed by atoms with van der Waals surface area (Å²) in [4.78, 5) is 12.8. The smallest absolute Gasteiger partial charge is 0.237 e. The first kappa shape index (κ1) is 15.9. The van der Waals surface area contributed by atoms with E-state index in [0.717, 1.165) is 5.56 Å². The minimum absolute atomic E-state index is 0.171. The highest BCUT2D eigenvalue weighted by Gasteiger charge is 2.60. The topological polar surface area (TPSA) is 68.5 Å². The second kappa shape index (κ2) is 6.25. The summed E-state index contributed by atoms with van der Waals surface area (Å²) < 4.78 is 16.8. The molecular weight excluding hydrogens is 294 g/mol. The number of Topliss-reactive ketones (excluding diaryl/α,β-unsaturated/α-hetero) is 1. The van der Waals surface area contributed by atoms with E-state index < -0.39 is 17.6 Å². The maximum atomic E-state index is 12.8. The molecule has 3 aliphatic rings. The Morgan fingerprint density at radius 1 is 1.26 bits per heavy atom. The van der Waals surface area contributed by atoms with Crippen LogP contribution in [-0.4, -0.2) is 31.9 Å².